The number of nitrogens with zero attached hydrogens (tertiary/aromatic N) is 2. The Balaban J connectivity index is 2.20. The Morgan fingerprint density at radius 2 is 2.19 bits per heavy atom. The first-order chi connectivity index (χ1) is 10.0. The quantitative estimate of drug-likeness (QED) is 0.850. The molecule has 0 unspecified atom stereocenters. The van der Waals surface area contributed by atoms with Crippen LogP contribution in [0.1, 0.15) is 23.4 Å². The highest BCUT2D eigenvalue weighted by atomic mass is 35.5. The zero-order valence-electron chi connectivity index (χ0n) is 11.4. The van der Waals surface area contributed by atoms with Gasteiger partial charge >= 0.3 is 5.97 Å². The normalized spacial score (nSPS) is 12.2. The van der Waals surface area contributed by atoms with E-state index in [0.29, 0.717) is 27.4 Å². The lowest BCUT2D eigenvalue weighted by Crippen LogP contribution is -2.29. The van der Waals surface area contributed by atoms with Crippen molar-refractivity contribution in [3.8, 4) is 0 Å². The molecule has 21 heavy (non-hydrogen) atoms. The SMILES string of the molecule is COC(=O)[C@@H](NCc1nnc(C)o1)c1ccc(Cl)cc1Cl. The smallest absolute Gasteiger partial charge is 0.327 e. The predicted octanol–water partition coefficient (Wildman–Crippen LogP) is 2.69. The molecule has 0 saturated carbocycles. The van der Waals surface area contributed by atoms with Crippen molar-refractivity contribution in [3.63, 3.8) is 0 Å². The maximum atomic E-state index is 11.9. The maximum absolute atomic E-state index is 11.9. The molecule has 0 spiro atoms. The lowest BCUT2D eigenvalue weighted by Gasteiger charge is -2.17. The molecule has 1 aromatic heterocycles. The predicted molar refractivity (Wildman–Crippen MR) is 77.1 cm³/mol. The molecule has 2 aromatic rings. The van der Waals surface area contributed by atoms with Gasteiger partial charge in [-0.2, -0.15) is 0 Å². The van der Waals surface area contributed by atoms with Crippen molar-refractivity contribution < 1.29 is 13.9 Å². The van der Waals surface area contributed by atoms with E-state index >= 15 is 0 Å². The summed E-state index contributed by atoms with van der Waals surface area (Å²) >= 11 is 12.0. The standard InChI is InChI=1S/C13H13Cl2N3O3/c1-7-17-18-11(21-7)6-16-12(13(19)20-2)9-4-3-8(14)5-10(9)15/h3-5,12,16H,6H2,1-2H3/t12-/m0/s1. The molecule has 1 aromatic carbocycles. The number of carbonyl (C=O) groups excluding carboxylic acids is 1. The highest BCUT2D eigenvalue weighted by Crippen LogP contribution is 2.27. The Morgan fingerprint density at radius 1 is 1.43 bits per heavy atom. The van der Waals surface area contributed by atoms with Crippen molar-refractivity contribution in [2.24, 2.45) is 0 Å². The largest absolute Gasteiger partial charge is 0.468 e. The number of aryl methyl sites for hydroxylation is 1. The number of carbonyl (C=O) groups is 1. The molecule has 1 heterocycles. The van der Waals surface area contributed by atoms with Gasteiger partial charge in [-0.1, -0.05) is 29.3 Å². The van der Waals surface area contributed by atoms with Crippen LogP contribution in [-0.2, 0) is 16.1 Å². The van der Waals surface area contributed by atoms with Crippen LogP contribution in [0.5, 0.6) is 0 Å². The minimum Gasteiger partial charge on any atom is -0.468 e. The molecule has 1 atom stereocenters. The molecule has 0 aliphatic heterocycles. The number of methoxy groups -OCH3 is 1. The lowest BCUT2D eigenvalue weighted by molar-refractivity contribution is -0.143. The van der Waals surface area contributed by atoms with Crippen LogP contribution in [0.2, 0.25) is 10.0 Å². The van der Waals surface area contributed by atoms with Gasteiger partial charge in [0.1, 0.15) is 6.04 Å². The molecule has 0 aliphatic carbocycles. The lowest BCUT2D eigenvalue weighted by atomic mass is 10.1. The van der Waals surface area contributed by atoms with Gasteiger partial charge in [-0.15, -0.1) is 10.2 Å². The average Bonchev–Trinajstić information content (AvgIpc) is 2.86. The molecule has 112 valence electrons. The summed E-state index contributed by atoms with van der Waals surface area (Å²) in [5, 5.41) is 11.4. The molecule has 0 saturated heterocycles. The number of ether oxygens (including phenoxy) is 1. The Labute approximate surface area is 131 Å². The van der Waals surface area contributed by atoms with E-state index in [9.17, 15) is 4.79 Å². The monoisotopic (exact) mass is 329 g/mol. The van der Waals surface area contributed by atoms with E-state index in [1.54, 1.807) is 25.1 Å². The molecular weight excluding hydrogens is 317 g/mol. The van der Waals surface area contributed by atoms with Crippen LogP contribution in [-0.4, -0.2) is 23.3 Å². The van der Waals surface area contributed by atoms with Gasteiger partial charge in [0.2, 0.25) is 11.8 Å². The Bertz CT molecular complexity index is 645. The summed E-state index contributed by atoms with van der Waals surface area (Å²) < 4.78 is 10.0. The molecule has 0 aliphatic rings. The second-order valence-electron chi connectivity index (χ2n) is 4.22. The summed E-state index contributed by atoms with van der Waals surface area (Å²) in [7, 11) is 1.30. The van der Waals surface area contributed by atoms with Crippen LogP contribution >= 0.6 is 23.2 Å². The van der Waals surface area contributed by atoms with Crippen molar-refractivity contribution in [3.05, 3.63) is 45.6 Å². The van der Waals surface area contributed by atoms with Gasteiger partial charge < -0.3 is 9.15 Å². The van der Waals surface area contributed by atoms with Gasteiger partial charge in [-0.3, -0.25) is 5.32 Å². The fourth-order valence-electron chi connectivity index (χ4n) is 1.77. The molecule has 0 fully saturated rings. The van der Waals surface area contributed by atoms with Crippen molar-refractivity contribution in [1.82, 2.24) is 15.5 Å². The van der Waals surface area contributed by atoms with Crippen molar-refractivity contribution in [2.45, 2.75) is 19.5 Å². The number of halogens is 2. The van der Waals surface area contributed by atoms with Gasteiger partial charge in [0, 0.05) is 17.0 Å². The van der Waals surface area contributed by atoms with Crippen molar-refractivity contribution in [2.75, 3.05) is 7.11 Å². The average molecular weight is 330 g/mol. The van der Waals surface area contributed by atoms with Gasteiger partial charge in [-0.05, 0) is 17.7 Å². The first-order valence-corrected chi connectivity index (χ1v) is 6.82. The first-order valence-electron chi connectivity index (χ1n) is 6.06. The molecule has 0 radical (unpaired) electrons. The van der Waals surface area contributed by atoms with E-state index < -0.39 is 12.0 Å². The van der Waals surface area contributed by atoms with E-state index in [2.05, 4.69) is 15.5 Å². The van der Waals surface area contributed by atoms with E-state index in [-0.39, 0.29) is 6.54 Å². The molecule has 6 nitrogen and oxygen atoms in total. The number of hydrogen-bond acceptors (Lipinski definition) is 6. The summed E-state index contributed by atoms with van der Waals surface area (Å²) in [6, 6.07) is 4.12. The van der Waals surface area contributed by atoms with Crippen LogP contribution in [0.3, 0.4) is 0 Å². The molecule has 0 amide bonds. The first kappa shape index (κ1) is 15.8. The summed E-state index contributed by atoms with van der Waals surface area (Å²) in [6.45, 7) is 1.89. The summed E-state index contributed by atoms with van der Waals surface area (Å²) in [4.78, 5) is 11.9. The van der Waals surface area contributed by atoms with Crippen LogP contribution < -0.4 is 5.32 Å². The van der Waals surface area contributed by atoms with E-state index in [1.165, 1.54) is 7.11 Å². The Hall–Kier alpha value is -1.63. The number of nitrogens with one attached hydrogen (secondary N) is 1. The van der Waals surface area contributed by atoms with Crippen LogP contribution in [0, 0.1) is 6.92 Å². The number of aromatic nitrogens is 2. The summed E-state index contributed by atoms with van der Waals surface area (Å²) in [5.74, 6) is 0.341. The van der Waals surface area contributed by atoms with Gasteiger partial charge in [0.05, 0.1) is 13.7 Å². The summed E-state index contributed by atoms with van der Waals surface area (Å²) in [5.41, 5.74) is 0.559. The third kappa shape index (κ3) is 3.93. The fraction of sp³-hybridized carbons (Fsp3) is 0.308. The minimum atomic E-state index is -0.757. The van der Waals surface area contributed by atoms with Gasteiger partial charge in [0.25, 0.3) is 0 Å². The Kier molecular flexibility index (Phi) is 5.17. The number of benzene rings is 1. The van der Waals surface area contributed by atoms with Crippen molar-refractivity contribution in [1.29, 1.82) is 0 Å². The highest BCUT2D eigenvalue weighted by molar-refractivity contribution is 6.35. The van der Waals surface area contributed by atoms with E-state index in [4.69, 9.17) is 32.4 Å². The summed E-state index contributed by atoms with van der Waals surface area (Å²) in [6.07, 6.45) is 0. The number of hydrogen-bond donors (Lipinski definition) is 1. The third-order valence-corrected chi connectivity index (χ3v) is 3.30. The topological polar surface area (TPSA) is 77.2 Å². The molecule has 8 heteroatoms. The van der Waals surface area contributed by atoms with Crippen LogP contribution in [0.4, 0.5) is 0 Å². The zero-order valence-corrected chi connectivity index (χ0v) is 12.9. The molecule has 2 rings (SSSR count). The fourth-order valence-corrected chi connectivity index (χ4v) is 2.29. The minimum absolute atomic E-state index is 0.208. The maximum Gasteiger partial charge on any atom is 0.327 e. The Morgan fingerprint density at radius 3 is 2.76 bits per heavy atom. The van der Waals surface area contributed by atoms with E-state index in [1.807, 2.05) is 0 Å². The second-order valence-corrected chi connectivity index (χ2v) is 5.06. The molecule has 1 N–H and O–H groups in total. The molecule has 0 bridgehead atoms. The molecular formula is C13H13Cl2N3O3. The van der Waals surface area contributed by atoms with Crippen LogP contribution in [0.15, 0.2) is 22.6 Å². The third-order valence-electron chi connectivity index (χ3n) is 2.74. The van der Waals surface area contributed by atoms with Gasteiger partial charge in [0.15, 0.2) is 0 Å². The second kappa shape index (κ2) is 6.89. The van der Waals surface area contributed by atoms with Crippen molar-refractivity contribution >= 4 is 29.2 Å². The number of esters is 1. The van der Waals surface area contributed by atoms with E-state index in [0.717, 1.165) is 0 Å². The van der Waals surface area contributed by atoms with Crippen LogP contribution in [0.25, 0.3) is 0 Å². The number of rotatable bonds is 5. The van der Waals surface area contributed by atoms with Gasteiger partial charge in [-0.25, -0.2) is 4.79 Å². The highest BCUT2D eigenvalue weighted by Gasteiger charge is 2.24. The zero-order chi connectivity index (χ0) is 15.4.